The summed E-state index contributed by atoms with van der Waals surface area (Å²) in [5.74, 6) is 0.915. The first-order valence-electron chi connectivity index (χ1n) is 4.11. The maximum Gasteiger partial charge on any atom is 0.381 e. The highest BCUT2D eigenvalue weighted by Crippen LogP contribution is 2.10. The predicted octanol–water partition coefficient (Wildman–Crippen LogP) is 1.95. The van der Waals surface area contributed by atoms with Crippen LogP contribution in [0.25, 0.3) is 0 Å². The minimum Gasteiger partial charge on any atom is -0.522 e. The lowest BCUT2D eigenvalue weighted by molar-refractivity contribution is 0.335. The molecule has 0 aliphatic heterocycles. The highest BCUT2D eigenvalue weighted by Gasteiger charge is 2.08. The van der Waals surface area contributed by atoms with Crippen molar-refractivity contribution in [3.05, 3.63) is 30.3 Å². The molecule has 0 saturated heterocycles. The molecule has 0 heterocycles. The van der Waals surface area contributed by atoms with Gasteiger partial charge in [0.1, 0.15) is 5.75 Å². The molecule has 3 heteroatoms. The van der Waals surface area contributed by atoms with Crippen LogP contribution in [0.5, 0.6) is 5.75 Å². The van der Waals surface area contributed by atoms with Crippen molar-refractivity contribution >= 4 is 9.28 Å². The summed E-state index contributed by atoms with van der Waals surface area (Å²) in [5, 5.41) is 0. The number of para-hydroxylation sites is 1. The number of benzene rings is 1. The fourth-order valence-corrected chi connectivity index (χ4v) is 2.01. The largest absolute Gasteiger partial charge is 0.522 e. The van der Waals surface area contributed by atoms with Gasteiger partial charge in [0, 0.05) is 7.11 Å². The van der Waals surface area contributed by atoms with E-state index in [2.05, 4.69) is 6.92 Å². The van der Waals surface area contributed by atoms with Crippen LogP contribution in [-0.2, 0) is 4.43 Å². The smallest absolute Gasteiger partial charge is 0.381 e. The summed E-state index contributed by atoms with van der Waals surface area (Å²) in [4.78, 5) is 0. The van der Waals surface area contributed by atoms with E-state index in [9.17, 15) is 0 Å². The Hall–Kier alpha value is -0.803. The quantitative estimate of drug-likeness (QED) is 0.663. The van der Waals surface area contributed by atoms with E-state index in [1.807, 2.05) is 30.3 Å². The van der Waals surface area contributed by atoms with Crippen molar-refractivity contribution in [2.75, 3.05) is 7.11 Å². The fourth-order valence-electron chi connectivity index (χ4n) is 0.949. The second-order valence-electron chi connectivity index (χ2n) is 2.50. The minimum absolute atomic E-state index is 0.915. The van der Waals surface area contributed by atoms with E-state index in [-0.39, 0.29) is 0 Å². The first kappa shape index (κ1) is 9.29. The zero-order chi connectivity index (χ0) is 8.81. The van der Waals surface area contributed by atoms with E-state index in [4.69, 9.17) is 8.85 Å². The lowest BCUT2D eigenvalue weighted by Crippen LogP contribution is -2.23. The summed E-state index contributed by atoms with van der Waals surface area (Å²) in [6.45, 7) is 2.09. The van der Waals surface area contributed by atoms with Gasteiger partial charge in [-0.05, 0) is 18.2 Å². The van der Waals surface area contributed by atoms with Crippen LogP contribution in [0.1, 0.15) is 6.92 Å². The van der Waals surface area contributed by atoms with Crippen LogP contribution in [0.4, 0.5) is 0 Å². The van der Waals surface area contributed by atoms with E-state index in [1.165, 1.54) is 0 Å². The first-order chi connectivity index (χ1) is 5.86. The molecule has 0 aliphatic carbocycles. The van der Waals surface area contributed by atoms with E-state index in [1.54, 1.807) is 7.11 Å². The third-order valence-electron chi connectivity index (χ3n) is 1.61. The van der Waals surface area contributed by atoms with Gasteiger partial charge in [0.05, 0.1) is 0 Å². The molecule has 0 fully saturated rings. The van der Waals surface area contributed by atoms with Crippen LogP contribution in [-0.4, -0.2) is 16.4 Å². The van der Waals surface area contributed by atoms with Gasteiger partial charge in [-0.15, -0.1) is 0 Å². The predicted molar refractivity (Wildman–Crippen MR) is 51.7 cm³/mol. The molecular weight excluding hydrogens is 168 g/mol. The van der Waals surface area contributed by atoms with Gasteiger partial charge in [0.15, 0.2) is 0 Å². The normalized spacial score (nSPS) is 12.5. The molecule has 0 saturated carbocycles. The average molecular weight is 182 g/mol. The molecule has 1 aromatic rings. The van der Waals surface area contributed by atoms with Gasteiger partial charge in [-0.1, -0.05) is 25.1 Å². The standard InChI is InChI=1S/C9H14O2Si/c1-3-12(10-2)11-9-7-5-4-6-8-9/h4-8,12H,3H2,1-2H3. The van der Waals surface area contributed by atoms with Crippen molar-refractivity contribution < 1.29 is 8.85 Å². The van der Waals surface area contributed by atoms with Crippen LogP contribution in [0.3, 0.4) is 0 Å². The summed E-state index contributed by atoms with van der Waals surface area (Å²) in [7, 11) is 0.293. The Kier molecular flexibility index (Phi) is 3.83. The zero-order valence-corrected chi connectivity index (χ0v) is 8.64. The van der Waals surface area contributed by atoms with Gasteiger partial charge in [0.25, 0.3) is 0 Å². The monoisotopic (exact) mass is 182 g/mol. The van der Waals surface area contributed by atoms with Gasteiger partial charge in [-0.2, -0.15) is 0 Å². The van der Waals surface area contributed by atoms with Gasteiger partial charge in [-0.25, -0.2) is 0 Å². The third kappa shape index (κ3) is 2.68. The molecule has 0 amide bonds. The molecule has 2 nitrogen and oxygen atoms in total. The van der Waals surface area contributed by atoms with Gasteiger partial charge in [-0.3, -0.25) is 0 Å². The van der Waals surface area contributed by atoms with Crippen LogP contribution in [0, 0.1) is 0 Å². The summed E-state index contributed by atoms with van der Waals surface area (Å²) in [5.41, 5.74) is 0. The second-order valence-corrected chi connectivity index (χ2v) is 4.89. The van der Waals surface area contributed by atoms with Crippen molar-refractivity contribution in [2.45, 2.75) is 13.0 Å². The van der Waals surface area contributed by atoms with Gasteiger partial charge < -0.3 is 8.85 Å². The van der Waals surface area contributed by atoms with Crippen molar-refractivity contribution in [2.24, 2.45) is 0 Å². The Morgan fingerprint density at radius 1 is 1.25 bits per heavy atom. The van der Waals surface area contributed by atoms with Crippen molar-refractivity contribution in [3.8, 4) is 5.75 Å². The van der Waals surface area contributed by atoms with E-state index >= 15 is 0 Å². The SMILES string of the molecule is CC[SiH](OC)Oc1ccccc1. The summed E-state index contributed by atoms with van der Waals surface area (Å²) in [6.07, 6.45) is 0. The van der Waals surface area contributed by atoms with Crippen LogP contribution < -0.4 is 4.43 Å². The Balaban J connectivity index is 2.51. The molecule has 0 radical (unpaired) electrons. The van der Waals surface area contributed by atoms with Crippen molar-refractivity contribution in [3.63, 3.8) is 0 Å². The lowest BCUT2D eigenvalue weighted by Gasteiger charge is -2.13. The summed E-state index contributed by atoms with van der Waals surface area (Å²) in [6, 6.07) is 10.8. The van der Waals surface area contributed by atoms with E-state index in [0.717, 1.165) is 11.8 Å². The van der Waals surface area contributed by atoms with Crippen LogP contribution in [0.2, 0.25) is 6.04 Å². The summed E-state index contributed by atoms with van der Waals surface area (Å²) < 4.78 is 10.8. The number of hydrogen-bond acceptors (Lipinski definition) is 2. The fraction of sp³-hybridized carbons (Fsp3) is 0.333. The van der Waals surface area contributed by atoms with E-state index in [0.29, 0.717) is 0 Å². The van der Waals surface area contributed by atoms with Crippen molar-refractivity contribution in [1.82, 2.24) is 0 Å². The Labute approximate surface area is 75.0 Å². The van der Waals surface area contributed by atoms with Gasteiger partial charge >= 0.3 is 9.28 Å². The van der Waals surface area contributed by atoms with Crippen molar-refractivity contribution in [1.29, 1.82) is 0 Å². The molecule has 0 spiro atoms. The molecule has 0 aromatic heterocycles. The molecule has 1 rings (SSSR count). The second kappa shape index (κ2) is 4.95. The minimum atomic E-state index is -1.42. The lowest BCUT2D eigenvalue weighted by atomic mass is 10.3. The van der Waals surface area contributed by atoms with Crippen LogP contribution >= 0.6 is 0 Å². The average Bonchev–Trinajstić information content (AvgIpc) is 2.16. The topological polar surface area (TPSA) is 18.5 Å². The van der Waals surface area contributed by atoms with Crippen LogP contribution in [0.15, 0.2) is 30.3 Å². The number of rotatable bonds is 4. The molecule has 1 atom stereocenters. The molecule has 12 heavy (non-hydrogen) atoms. The molecule has 1 unspecified atom stereocenters. The maximum atomic E-state index is 5.63. The zero-order valence-electron chi connectivity index (χ0n) is 7.49. The Bertz CT molecular complexity index is 209. The third-order valence-corrected chi connectivity index (χ3v) is 3.33. The first-order valence-corrected chi connectivity index (χ1v) is 5.87. The molecule has 0 bridgehead atoms. The van der Waals surface area contributed by atoms with Gasteiger partial charge in [0.2, 0.25) is 0 Å². The highest BCUT2D eigenvalue weighted by molar-refractivity contribution is 6.45. The maximum absolute atomic E-state index is 5.63. The summed E-state index contributed by atoms with van der Waals surface area (Å²) >= 11 is 0. The molecule has 1 aromatic carbocycles. The van der Waals surface area contributed by atoms with E-state index < -0.39 is 9.28 Å². The Morgan fingerprint density at radius 2 is 1.92 bits per heavy atom. The molecular formula is C9H14O2Si. The number of hydrogen-bond donors (Lipinski definition) is 0. The molecule has 0 aliphatic rings. The molecule has 66 valence electrons. The Morgan fingerprint density at radius 3 is 2.42 bits per heavy atom. The molecule has 0 N–H and O–H groups in total. The highest BCUT2D eigenvalue weighted by atomic mass is 28.3.